The summed E-state index contributed by atoms with van der Waals surface area (Å²) in [5.74, 6) is 1.74. The van der Waals surface area contributed by atoms with E-state index in [4.69, 9.17) is 26.1 Å². The van der Waals surface area contributed by atoms with Crippen molar-refractivity contribution in [2.24, 2.45) is 5.92 Å². The molecule has 2 bridgehead atoms. The highest BCUT2D eigenvalue weighted by atomic mass is 19.1. The topological polar surface area (TPSA) is 86.6 Å². The number of hydrogen-bond donors (Lipinski definition) is 2. The van der Waals surface area contributed by atoms with Crippen molar-refractivity contribution in [3.63, 3.8) is 0 Å². The molecule has 0 amide bonds. The second-order valence-electron chi connectivity index (χ2n) is 14.4. The smallest absolute Gasteiger partial charge is 0.319 e. The van der Waals surface area contributed by atoms with Crippen molar-refractivity contribution in [2.45, 2.75) is 81.7 Å². The van der Waals surface area contributed by atoms with Gasteiger partial charge in [0.2, 0.25) is 0 Å². The number of benzene rings is 2. The number of alkyl halides is 1. The van der Waals surface area contributed by atoms with Crippen LogP contribution in [0.5, 0.6) is 11.8 Å². The molecule has 0 aliphatic carbocycles. The largest absolute Gasteiger partial charge is 0.508 e. The third kappa shape index (κ3) is 4.41. The highest BCUT2D eigenvalue weighted by molar-refractivity contribution is 6.03. The minimum absolute atomic E-state index is 0.0316. The molecule has 4 aromatic rings. The lowest BCUT2D eigenvalue weighted by Gasteiger charge is -2.44. The van der Waals surface area contributed by atoms with E-state index in [0.29, 0.717) is 53.1 Å². The fraction of sp³-hybridized carbons (Fsp3) is 0.486. The monoisotopic (exact) mass is 654 g/mol. The molecule has 0 spiro atoms. The Morgan fingerprint density at radius 1 is 1.15 bits per heavy atom. The van der Waals surface area contributed by atoms with Crippen molar-refractivity contribution in [1.29, 1.82) is 0 Å². The van der Waals surface area contributed by atoms with E-state index in [9.17, 15) is 9.50 Å². The first-order chi connectivity index (χ1) is 23.3. The van der Waals surface area contributed by atoms with Gasteiger partial charge in [-0.15, -0.1) is 6.42 Å². The number of nitrogens with zero attached hydrogens (tertiary/aromatic N) is 5. The number of aromatic nitrogens is 3. The van der Waals surface area contributed by atoms with E-state index in [2.05, 4.69) is 28.0 Å². The highest BCUT2D eigenvalue weighted by Crippen LogP contribution is 2.46. The summed E-state index contributed by atoms with van der Waals surface area (Å²) < 4.78 is 53.3. The number of hydrogen-bond acceptors (Lipinski definition) is 8. The van der Waals surface area contributed by atoms with Crippen LogP contribution >= 0.6 is 0 Å². The molecule has 4 saturated heterocycles. The number of rotatable bonds is 5. The van der Waals surface area contributed by atoms with Crippen LogP contribution in [0.15, 0.2) is 24.3 Å². The Morgan fingerprint density at radius 2 is 2.02 bits per heavy atom. The SMILES string of the molecule is C#Cc1c(F)ccc2cc(O)cc(-c3nc4c5c(nc(OC[C@@]67CCCN6C[C@H](F)C7)nc5c3F)N3C[C@H]5CC[C@H](N5)[C@@H]3[C@@H](CC)C4)c12. The van der Waals surface area contributed by atoms with E-state index >= 15 is 8.78 Å². The van der Waals surface area contributed by atoms with Crippen LogP contribution < -0.4 is 15.0 Å². The molecule has 2 N–H and O–H groups in total. The number of halogens is 3. The van der Waals surface area contributed by atoms with E-state index in [1.54, 1.807) is 0 Å². The Balaban J connectivity index is 1.27. The van der Waals surface area contributed by atoms with Gasteiger partial charge in [0.1, 0.15) is 41.4 Å². The molecule has 2 aromatic heterocycles. The first-order valence-electron chi connectivity index (χ1n) is 17.1. The van der Waals surface area contributed by atoms with Crippen LogP contribution in [0.3, 0.4) is 0 Å². The van der Waals surface area contributed by atoms with Crippen molar-refractivity contribution in [3.05, 3.63) is 47.2 Å². The first kappa shape index (κ1) is 30.0. The Morgan fingerprint density at radius 3 is 2.85 bits per heavy atom. The van der Waals surface area contributed by atoms with Gasteiger partial charge in [-0.05, 0) is 68.2 Å². The molecule has 0 saturated carbocycles. The average Bonchev–Trinajstić information content (AvgIpc) is 3.71. The fourth-order valence-electron chi connectivity index (χ4n) is 9.61. The number of pyridine rings is 1. The summed E-state index contributed by atoms with van der Waals surface area (Å²) >= 11 is 0. The zero-order valence-electron chi connectivity index (χ0n) is 26.8. The maximum Gasteiger partial charge on any atom is 0.319 e. The fourth-order valence-corrected chi connectivity index (χ4v) is 9.61. The van der Waals surface area contributed by atoms with Gasteiger partial charge in [0, 0.05) is 48.6 Å². The first-order valence-corrected chi connectivity index (χ1v) is 17.1. The van der Waals surface area contributed by atoms with Crippen molar-refractivity contribution in [2.75, 3.05) is 31.1 Å². The number of piperazine rings is 1. The molecule has 48 heavy (non-hydrogen) atoms. The zero-order chi connectivity index (χ0) is 32.9. The van der Waals surface area contributed by atoms with Gasteiger partial charge in [-0.3, -0.25) is 4.90 Å². The van der Waals surface area contributed by atoms with Gasteiger partial charge >= 0.3 is 6.01 Å². The Kier molecular flexibility index (Phi) is 6.83. The lowest BCUT2D eigenvalue weighted by Crippen LogP contribution is -2.60. The van der Waals surface area contributed by atoms with Crippen molar-refractivity contribution >= 4 is 27.5 Å². The molecule has 2 aromatic carbocycles. The summed E-state index contributed by atoms with van der Waals surface area (Å²) in [5.41, 5.74) is 0.359. The number of terminal acetylenes is 1. The predicted octanol–water partition coefficient (Wildman–Crippen LogP) is 5.66. The lowest BCUT2D eigenvalue weighted by molar-refractivity contribution is 0.107. The van der Waals surface area contributed by atoms with Crippen LogP contribution in [0, 0.1) is 29.9 Å². The quantitative estimate of drug-likeness (QED) is 0.267. The molecular formula is C37H37F3N6O2. The zero-order valence-corrected chi connectivity index (χ0v) is 26.8. The summed E-state index contributed by atoms with van der Waals surface area (Å²) in [6.07, 6.45) is 10.6. The molecule has 5 aliphatic heterocycles. The van der Waals surface area contributed by atoms with Gasteiger partial charge in [-0.25, -0.2) is 18.2 Å². The maximum atomic E-state index is 17.2. The third-order valence-corrected chi connectivity index (χ3v) is 11.7. The molecule has 7 heterocycles. The molecule has 248 valence electrons. The molecule has 0 unspecified atom stereocenters. The minimum atomic E-state index is -0.914. The standard InChI is InChI=1S/C37H37F3N6O2/c1-3-19-13-28-30-33(31(40)32(42-28)25-14-23(47)12-20-6-8-26(39)24(4-2)29(20)25)43-36(48-18-37-10-5-11-45(37)16-21(38)15-37)44-35(30)46-17-22-7-9-27(41-22)34(19)46/h2,6,8,12,14,19,21-22,27,34,41,47H,3,5,7,9-11,13,15-18H2,1H3/t19-,21+,22+,27-,34-,37-/m0/s1. The van der Waals surface area contributed by atoms with E-state index in [1.165, 1.54) is 24.3 Å². The number of phenolic OH excluding ortho intramolecular Hbond substituents is 1. The molecule has 11 heteroatoms. The third-order valence-electron chi connectivity index (χ3n) is 11.7. The molecule has 4 fully saturated rings. The van der Waals surface area contributed by atoms with E-state index in [1.807, 2.05) is 0 Å². The van der Waals surface area contributed by atoms with Crippen molar-refractivity contribution < 1.29 is 23.0 Å². The number of fused-ring (bicyclic) bond motifs is 7. The van der Waals surface area contributed by atoms with Crippen LogP contribution in [0.2, 0.25) is 0 Å². The van der Waals surface area contributed by atoms with Gasteiger partial charge in [-0.1, -0.05) is 25.3 Å². The number of nitrogens with one attached hydrogen (secondary N) is 1. The van der Waals surface area contributed by atoms with Gasteiger partial charge in [0.15, 0.2) is 5.82 Å². The number of phenols is 1. The Hall–Kier alpha value is -4.14. The van der Waals surface area contributed by atoms with Gasteiger partial charge < -0.3 is 20.1 Å². The van der Waals surface area contributed by atoms with Gasteiger partial charge in [0.05, 0.1) is 22.2 Å². The van der Waals surface area contributed by atoms with E-state index in [0.717, 1.165) is 45.2 Å². The van der Waals surface area contributed by atoms with Crippen LogP contribution in [0.1, 0.15) is 56.7 Å². The summed E-state index contributed by atoms with van der Waals surface area (Å²) in [6, 6.07) is 6.30. The predicted molar refractivity (Wildman–Crippen MR) is 177 cm³/mol. The van der Waals surface area contributed by atoms with Crippen LogP contribution in [0.4, 0.5) is 19.0 Å². The highest BCUT2D eigenvalue weighted by Gasteiger charge is 2.50. The summed E-state index contributed by atoms with van der Waals surface area (Å²) in [6.45, 7) is 4.30. The second kappa shape index (κ2) is 10.9. The summed E-state index contributed by atoms with van der Waals surface area (Å²) in [7, 11) is 0. The molecule has 5 aliphatic rings. The number of ether oxygens (including phenoxy) is 1. The summed E-state index contributed by atoms with van der Waals surface area (Å²) in [5, 5.41) is 15.9. The average molecular weight is 655 g/mol. The lowest BCUT2D eigenvalue weighted by atomic mass is 9.86. The molecule has 6 atom stereocenters. The summed E-state index contributed by atoms with van der Waals surface area (Å²) in [4.78, 5) is 19.2. The van der Waals surface area contributed by atoms with Crippen LogP contribution in [-0.2, 0) is 6.42 Å². The molecular weight excluding hydrogens is 617 g/mol. The van der Waals surface area contributed by atoms with Crippen molar-refractivity contribution in [3.8, 4) is 35.4 Å². The Labute approximate surface area is 276 Å². The van der Waals surface area contributed by atoms with E-state index < -0.39 is 23.3 Å². The van der Waals surface area contributed by atoms with Crippen LogP contribution in [0.25, 0.3) is 32.9 Å². The normalized spacial score (nSPS) is 29.2. The van der Waals surface area contributed by atoms with E-state index in [-0.39, 0.29) is 58.7 Å². The molecule has 0 radical (unpaired) electrons. The second-order valence-corrected chi connectivity index (χ2v) is 14.4. The number of aromatic hydroxyl groups is 1. The molecule has 8 nitrogen and oxygen atoms in total. The van der Waals surface area contributed by atoms with Crippen molar-refractivity contribution in [1.82, 2.24) is 25.2 Å². The Bertz CT molecular complexity index is 2030. The van der Waals surface area contributed by atoms with Gasteiger partial charge in [0.25, 0.3) is 0 Å². The van der Waals surface area contributed by atoms with Crippen LogP contribution in [-0.4, -0.2) is 81.0 Å². The maximum absolute atomic E-state index is 17.2. The van der Waals surface area contributed by atoms with Gasteiger partial charge in [-0.2, -0.15) is 9.97 Å². The number of anilines is 1. The molecule has 9 rings (SSSR count). The minimum Gasteiger partial charge on any atom is -0.508 e.